The van der Waals surface area contributed by atoms with E-state index < -0.39 is 5.41 Å². The van der Waals surface area contributed by atoms with Gasteiger partial charge in [0.05, 0.1) is 0 Å². The van der Waals surface area contributed by atoms with Gasteiger partial charge in [0.2, 0.25) is 0 Å². The van der Waals surface area contributed by atoms with Crippen molar-refractivity contribution < 1.29 is 4.79 Å². The molecule has 0 aliphatic carbocycles. The predicted molar refractivity (Wildman–Crippen MR) is 45.2 cm³/mol. The second-order valence-electron chi connectivity index (χ2n) is 3.74. The fourth-order valence-electron chi connectivity index (χ4n) is 0.859. The molecule has 0 fully saturated rings. The summed E-state index contributed by atoms with van der Waals surface area (Å²) in [6, 6.07) is 0. The quantitative estimate of drug-likeness (QED) is 0.612. The number of aromatic nitrogens is 2. The summed E-state index contributed by atoms with van der Waals surface area (Å²) in [4.78, 5) is 27.0. The lowest BCUT2D eigenvalue weighted by Crippen LogP contribution is -2.21. The van der Waals surface area contributed by atoms with Crippen LogP contribution in [0.25, 0.3) is 0 Å². The molecule has 0 amide bonds. The second-order valence-corrected chi connectivity index (χ2v) is 3.74. The molecule has 66 valence electrons. The third-order valence-corrected chi connectivity index (χ3v) is 1.52. The van der Waals surface area contributed by atoms with Gasteiger partial charge in [-0.15, -0.1) is 0 Å². The molecule has 0 aliphatic rings. The van der Waals surface area contributed by atoms with Gasteiger partial charge < -0.3 is 9.97 Å². The minimum Gasteiger partial charge on any atom is -0.312 e. The van der Waals surface area contributed by atoms with Gasteiger partial charge in [-0.05, 0) is 0 Å². The highest BCUT2D eigenvalue weighted by Crippen LogP contribution is 2.18. The molecule has 12 heavy (non-hydrogen) atoms. The Balaban J connectivity index is 3.01. The number of nitrogens with one attached hydrogen (secondary N) is 2. The number of hydrogen-bond donors (Lipinski definition) is 2. The van der Waals surface area contributed by atoms with Crippen LogP contribution in [0.4, 0.5) is 0 Å². The Hall–Kier alpha value is -1.32. The molecule has 0 aromatic carbocycles. The number of hydrogen-bond acceptors (Lipinski definition) is 2. The molecule has 1 rings (SSSR count). The normalized spacial score (nSPS) is 11.6. The number of ketones is 1. The summed E-state index contributed by atoms with van der Waals surface area (Å²) < 4.78 is 0. The summed E-state index contributed by atoms with van der Waals surface area (Å²) in [7, 11) is 0. The summed E-state index contributed by atoms with van der Waals surface area (Å²) in [6.45, 7) is 5.42. The molecule has 0 unspecified atom stereocenters. The molecule has 2 N–H and O–H groups in total. The molecule has 0 aliphatic heterocycles. The van der Waals surface area contributed by atoms with Crippen molar-refractivity contribution in [3.8, 4) is 0 Å². The first kappa shape index (κ1) is 8.77. The zero-order valence-corrected chi connectivity index (χ0v) is 7.39. The smallest absolute Gasteiger partial charge is 0.312 e. The van der Waals surface area contributed by atoms with Gasteiger partial charge in [-0.3, -0.25) is 4.79 Å². The van der Waals surface area contributed by atoms with Crippen LogP contribution in [0, 0.1) is 5.41 Å². The first-order valence-corrected chi connectivity index (χ1v) is 3.74. The summed E-state index contributed by atoms with van der Waals surface area (Å²) >= 11 is 0. The van der Waals surface area contributed by atoms with Crippen molar-refractivity contribution in [1.82, 2.24) is 9.97 Å². The van der Waals surface area contributed by atoms with E-state index in [1.807, 2.05) is 0 Å². The Morgan fingerprint density at radius 1 is 1.42 bits per heavy atom. The van der Waals surface area contributed by atoms with Crippen molar-refractivity contribution in [3.05, 3.63) is 22.4 Å². The van der Waals surface area contributed by atoms with Crippen LogP contribution in [-0.2, 0) is 0 Å². The number of H-pyrrole nitrogens is 2. The van der Waals surface area contributed by atoms with E-state index in [-0.39, 0.29) is 11.5 Å². The van der Waals surface area contributed by atoms with Gasteiger partial charge in [-0.1, -0.05) is 20.8 Å². The molecule has 0 spiro atoms. The van der Waals surface area contributed by atoms with Crippen molar-refractivity contribution in [2.75, 3.05) is 0 Å². The van der Waals surface area contributed by atoms with E-state index in [0.717, 1.165) is 0 Å². The van der Waals surface area contributed by atoms with Gasteiger partial charge in [0.25, 0.3) is 0 Å². The van der Waals surface area contributed by atoms with Crippen LogP contribution in [0.1, 0.15) is 31.3 Å². The Bertz CT molecular complexity index is 340. The van der Waals surface area contributed by atoms with Crippen LogP contribution < -0.4 is 5.69 Å². The van der Waals surface area contributed by atoms with E-state index in [1.54, 1.807) is 20.8 Å². The van der Waals surface area contributed by atoms with E-state index >= 15 is 0 Å². The van der Waals surface area contributed by atoms with Gasteiger partial charge in [0, 0.05) is 11.6 Å². The Kier molecular flexibility index (Phi) is 1.92. The van der Waals surface area contributed by atoms with Crippen molar-refractivity contribution in [1.29, 1.82) is 0 Å². The van der Waals surface area contributed by atoms with E-state index in [2.05, 4.69) is 9.97 Å². The highest BCUT2D eigenvalue weighted by molar-refractivity contribution is 5.97. The molecule has 1 aromatic rings. The molecular formula is C8H12N2O2. The maximum atomic E-state index is 11.5. The van der Waals surface area contributed by atoms with Gasteiger partial charge in [0.1, 0.15) is 5.69 Å². The first-order valence-electron chi connectivity index (χ1n) is 3.74. The summed E-state index contributed by atoms with van der Waals surface area (Å²) in [5.74, 6) is -0.0687. The number of imidazole rings is 1. The molecule has 4 nitrogen and oxygen atoms in total. The SMILES string of the molecule is CC(C)(C)C(=O)c1c[nH]c(=O)[nH]1. The highest BCUT2D eigenvalue weighted by Gasteiger charge is 2.23. The van der Waals surface area contributed by atoms with Gasteiger partial charge in [0.15, 0.2) is 5.78 Å². The Morgan fingerprint density at radius 3 is 2.33 bits per heavy atom. The average Bonchev–Trinajstić information content (AvgIpc) is 2.32. The molecule has 1 aromatic heterocycles. The molecule has 4 heteroatoms. The topological polar surface area (TPSA) is 65.7 Å². The lowest BCUT2D eigenvalue weighted by atomic mass is 9.89. The third kappa shape index (κ3) is 1.64. The Morgan fingerprint density at radius 2 is 2.00 bits per heavy atom. The molecule has 0 saturated carbocycles. The van der Waals surface area contributed by atoms with Crippen LogP contribution in [0.3, 0.4) is 0 Å². The van der Waals surface area contributed by atoms with Gasteiger partial charge >= 0.3 is 5.69 Å². The van der Waals surface area contributed by atoms with Crippen molar-refractivity contribution in [2.24, 2.45) is 5.41 Å². The van der Waals surface area contributed by atoms with E-state index in [0.29, 0.717) is 5.69 Å². The zero-order valence-electron chi connectivity index (χ0n) is 7.39. The summed E-state index contributed by atoms with van der Waals surface area (Å²) in [5, 5.41) is 0. The molecule has 1 heterocycles. The minimum atomic E-state index is -0.453. The van der Waals surface area contributed by atoms with Crippen molar-refractivity contribution in [2.45, 2.75) is 20.8 Å². The van der Waals surface area contributed by atoms with E-state index in [4.69, 9.17) is 0 Å². The number of Topliss-reactive ketones (excluding diaryl/α,β-unsaturated/α-hetero) is 1. The molecule has 0 radical (unpaired) electrons. The number of aromatic amines is 2. The molecule has 0 bridgehead atoms. The number of rotatable bonds is 1. The maximum absolute atomic E-state index is 11.5. The van der Waals surface area contributed by atoms with Crippen LogP contribution >= 0.6 is 0 Å². The number of carbonyl (C=O) groups is 1. The van der Waals surface area contributed by atoms with Crippen LogP contribution in [-0.4, -0.2) is 15.8 Å². The highest BCUT2D eigenvalue weighted by atomic mass is 16.1. The number of carbonyl (C=O) groups excluding carboxylic acids is 1. The maximum Gasteiger partial charge on any atom is 0.323 e. The third-order valence-electron chi connectivity index (χ3n) is 1.52. The van der Waals surface area contributed by atoms with Gasteiger partial charge in [-0.25, -0.2) is 4.79 Å². The van der Waals surface area contributed by atoms with Gasteiger partial charge in [-0.2, -0.15) is 0 Å². The zero-order chi connectivity index (χ0) is 9.35. The van der Waals surface area contributed by atoms with Crippen LogP contribution in [0.5, 0.6) is 0 Å². The molecule has 0 saturated heterocycles. The minimum absolute atomic E-state index is 0.0687. The fourth-order valence-corrected chi connectivity index (χ4v) is 0.859. The van der Waals surface area contributed by atoms with Crippen molar-refractivity contribution in [3.63, 3.8) is 0 Å². The standard InChI is InChI=1S/C8H12N2O2/c1-8(2,3)6(11)5-4-9-7(12)10-5/h4H,1-3H3,(H2,9,10,12). The van der Waals surface area contributed by atoms with E-state index in [9.17, 15) is 9.59 Å². The predicted octanol–water partition coefficient (Wildman–Crippen LogP) is 0.932. The van der Waals surface area contributed by atoms with E-state index in [1.165, 1.54) is 6.20 Å². The second kappa shape index (κ2) is 2.62. The largest absolute Gasteiger partial charge is 0.323 e. The lowest BCUT2D eigenvalue weighted by Gasteiger charge is -2.14. The van der Waals surface area contributed by atoms with Crippen LogP contribution in [0.15, 0.2) is 11.0 Å². The first-order chi connectivity index (χ1) is 5.41. The fraction of sp³-hybridized carbons (Fsp3) is 0.500. The lowest BCUT2D eigenvalue weighted by molar-refractivity contribution is 0.0853. The average molecular weight is 168 g/mol. The summed E-state index contributed by atoms with van der Waals surface area (Å²) in [5.41, 5.74) is -0.458. The molecule has 0 atom stereocenters. The van der Waals surface area contributed by atoms with Crippen LogP contribution in [0.2, 0.25) is 0 Å². The molecular weight excluding hydrogens is 156 g/mol. The van der Waals surface area contributed by atoms with Crippen molar-refractivity contribution >= 4 is 5.78 Å². The monoisotopic (exact) mass is 168 g/mol. The Labute approximate surface area is 70.0 Å². The summed E-state index contributed by atoms with van der Waals surface area (Å²) in [6.07, 6.45) is 1.40.